The van der Waals surface area contributed by atoms with Crippen LogP contribution in [0.2, 0.25) is 0 Å². The predicted octanol–water partition coefficient (Wildman–Crippen LogP) is 3.26. The molecule has 11 heavy (non-hydrogen) atoms. The molecule has 0 aromatic heterocycles. The fraction of sp³-hybridized carbons (Fsp3) is 0.250. The van der Waals surface area contributed by atoms with Crippen molar-refractivity contribution in [2.45, 2.75) is 12.3 Å². The van der Waals surface area contributed by atoms with Crippen LogP contribution in [-0.4, -0.2) is 0 Å². The lowest BCUT2D eigenvalue weighted by atomic mass is 10.1. The lowest BCUT2D eigenvalue weighted by Gasteiger charge is -2.02. The molecule has 0 heterocycles. The van der Waals surface area contributed by atoms with E-state index < -0.39 is 11.6 Å². The highest BCUT2D eigenvalue weighted by Gasteiger charge is 2.05. The summed E-state index contributed by atoms with van der Waals surface area (Å²) in [5, 5.41) is -0.287. The number of halogens is 3. The Bertz CT molecular complexity index is 258. The van der Waals surface area contributed by atoms with Crippen molar-refractivity contribution in [1.29, 1.82) is 0 Å². The maximum absolute atomic E-state index is 12.5. The van der Waals surface area contributed by atoms with E-state index in [1.165, 1.54) is 6.07 Å². The van der Waals surface area contributed by atoms with Gasteiger partial charge in [-0.1, -0.05) is 6.07 Å². The van der Waals surface area contributed by atoms with Crippen molar-refractivity contribution < 1.29 is 8.78 Å². The Balaban J connectivity index is 3.05. The fourth-order valence-corrected chi connectivity index (χ4v) is 0.896. The highest BCUT2D eigenvalue weighted by atomic mass is 35.5. The molecule has 1 rings (SSSR count). The molecule has 0 saturated heterocycles. The van der Waals surface area contributed by atoms with Crippen LogP contribution in [0, 0.1) is 11.6 Å². The first kappa shape index (κ1) is 8.47. The third kappa shape index (κ3) is 1.90. The van der Waals surface area contributed by atoms with Crippen LogP contribution in [0.1, 0.15) is 17.9 Å². The van der Waals surface area contributed by atoms with Crippen molar-refractivity contribution in [2.75, 3.05) is 0 Å². The average molecular weight is 177 g/mol. The second-order valence-electron chi connectivity index (χ2n) is 2.29. The van der Waals surface area contributed by atoms with E-state index in [4.69, 9.17) is 11.6 Å². The summed E-state index contributed by atoms with van der Waals surface area (Å²) in [5.41, 5.74) is 0.588. The Morgan fingerprint density at radius 1 is 1.27 bits per heavy atom. The van der Waals surface area contributed by atoms with Crippen molar-refractivity contribution in [3.8, 4) is 0 Å². The van der Waals surface area contributed by atoms with Gasteiger partial charge in [-0.25, -0.2) is 8.78 Å². The van der Waals surface area contributed by atoms with Gasteiger partial charge in [0.1, 0.15) is 0 Å². The fourth-order valence-electron chi connectivity index (χ4n) is 0.760. The predicted molar refractivity (Wildman–Crippen MR) is 40.6 cm³/mol. The summed E-state index contributed by atoms with van der Waals surface area (Å²) in [7, 11) is 0. The normalized spacial score (nSPS) is 13.1. The van der Waals surface area contributed by atoms with Crippen molar-refractivity contribution in [2.24, 2.45) is 0 Å². The van der Waals surface area contributed by atoms with Gasteiger partial charge >= 0.3 is 0 Å². The Morgan fingerprint density at radius 3 is 2.36 bits per heavy atom. The van der Waals surface area contributed by atoms with E-state index in [2.05, 4.69) is 0 Å². The summed E-state index contributed by atoms with van der Waals surface area (Å²) in [6.07, 6.45) is 0. The van der Waals surface area contributed by atoms with Crippen LogP contribution >= 0.6 is 11.6 Å². The Morgan fingerprint density at radius 2 is 1.91 bits per heavy atom. The topological polar surface area (TPSA) is 0 Å². The molecule has 60 valence electrons. The smallest absolute Gasteiger partial charge is 0.159 e. The molecule has 0 saturated carbocycles. The van der Waals surface area contributed by atoms with Gasteiger partial charge in [0.25, 0.3) is 0 Å². The first-order chi connectivity index (χ1) is 5.11. The highest BCUT2D eigenvalue weighted by Crippen LogP contribution is 2.20. The van der Waals surface area contributed by atoms with E-state index in [0.29, 0.717) is 5.56 Å². The number of hydrogen-bond donors (Lipinski definition) is 0. The van der Waals surface area contributed by atoms with Crippen molar-refractivity contribution in [3.05, 3.63) is 35.4 Å². The van der Waals surface area contributed by atoms with Crippen LogP contribution in [0.15, 0.2) is 18.2 Å². The molecule has 0 amide bonds. The largest absolute Gasteiger partial charge is 0.204 e. The summed E-state index contributed by atoms with van der Waals surface area (Å²) in [6, 6.07) is 3.65. The van der Waals surface area contributed by atoms with E-state index >= 15 is 0 Å². The molecule has 1 unspecified atom stereocenters. The van der Waals surface area contributed by atoms with Crippen LogP contribution in [0.5, 0.6) is 0 Å². The van der Waals surface area contributed by atoms with Gasteiger partial charge in [-0.3, -0.25) is 0 Å². The quantitative estimate of drug-likeness (QED) is 0.577. The third-order valence-corrected chi connectivity index (χ3v) is 1.65. The third-order valence-electron chi connectivity index (χ3n) is 1.40. The van der Waals surface area contributed by atoms with Gasteiger partial charge in [0.15, 0.2) is 11.6 Å². The number of benzene rings is 1. The molecule has 1 atom stereocenters. The van der Waals surface area contributed by atoms with Gasteiger partial charge in [0, 0.05) is 0 Å². The van der Waals surface area contributed by atoms with Crippen LogP contribution in [-0.2, 0) is 0 Å². The Kier molecular flexibility index (Phi) is 2.45. The van der Waals surface area contributed by atoms with Crippen LogP contribution < -0.4 is 0 Å². The Hall–Kier alpha value is -0.630. The molecule has 0 aliphatic rings. The standard InChI is InChI=1S/C8H7ClF2/c1-5(9)6-2-3-7(10)8(11)4-6/h2-5H,1H3. The molecule has 0 nitrogen and oxygen atoms in total. The number of rotatable bonds is 1. The molecule has 0 N–H and O–H groups in total. The zero-order chi connectivity index (χ0) is 8.43. The summed E-state index contributed by atoms with van der Waals surface area (Å²) >= 11 is 5.64. The zero-order valence-corrected chi connectivity index (χ0v) is 6.70. The SMILES string of the molecule is CC(Cl)c1ccc(F)c(F)c1. The molecule has 1 aromatic carbocycles. The lowest BCUT2D eigenvalue weighted by Crippen LogP contribution is -1.88. The van der Waals surface area contributed by atoms with Gasteiger partial charge in [0.05, 0.1) is 5.38 Å². The molecule has 3 heteroatoms. The van der Waals surface area contributed by atoms with E-state index in [1.54, 1.807) is 6.92 Å². The van der Waals surface area contributed by atoms with E-state index in [-0.39, 0.29) is 5.38 Å². The zero-order valence-electron chi connectivity index (χ0n) is 5.94. The minimum Gasteiger partial charge on any atom is -0.204 e. The summed E-state index contributed by atoms with van der Waals surface area (Å²) < 4.78 is 24.8. The summed E-state index contributed by atoms with van der Waals surface area (Å²) in [5.74, 6) is -1.69. The maximum atomic E-state index is 12.5. The second-order valence-corrected chi connectivity index (χ2v) is 2.94. The van der Waals surface area contributed by atoms with E-state index in [0.717, 1.165) is 12.1 Å². The molecule has 0 fully saturated rings. The van der Waals surface area contributed by atoms with Gasteiger partial charge in [-0.15, -0.1) is 11.6 Å². The van der Waals surface area contributed by atoms with E-state index in [1.807, 2.05) is 0 Å². The average Bonchev–Trinajstić information content (AvgIpc) is 1.94. The van der Waals surface area contributed by atoms with Crippen molar-refractivity contribution >= 4 is 11.6 Å². The molecular weight excluding hydrogens is 170 g/mol. The maximum Gasteiger partial charge on any atom is 0.159 e. The molecule has 0 radical (unpaired) electrons. The van der Waals surface area contributed by atoms with Gasteiger partial charge < -0.3 is 0 Å². The van der Waals surface area contributed by atoms with Crippen LogP contribution in [0.3, 0.4) is 0 Å². The van der Waals surface area contributed by atoms with Gasteiger partial charge in [-0.2, -0.15) is 0 Å². The number of alkyl halides is 1. The summed E-state index contributed by atoms with van der Waals surface area (Å²) in [4.78, 5) is 0. The summed E-state index contributed by atoms with van der Waals surface area (Å²) in [6.45, 7) is 1.70. The van der Waals surface area contributed by atoms with Gasteiger partial charge in [-0.05, 0) is 24.6 Å². The molecule has 0 aliphatic heterocycles. The Labute approximate surface area is 68.8 Å². The first-order valence-corrected chi connectivity index (χ1v) is 3.64. The van der Waals surface area contributed by atoms with E-state index in [9.17, 15) is 8.78 Å². The minimum absolute atomic E-state index is 0.287. The monoisotopic (exact) mass is 176 g/mol. The molecule has 1 aromatic rings. The first-order valence-electron chi connectivity index (χ1n) is 3.20. The highest BCUT2D eigenvalue weighted by molar-refractivity contribution is 6.20. The van der Waals surface area contributed by atoms with Crippen molar-refractivity contribution in [3.63, 3.8) is 0 Å². The van der Waals surface area contributed by atoms with Crippen molar-refractivity contribution in [1.82, 2.24) is 0 Å². The van der Waals surface area contributed by atoms with Crippen LogP contribution in [0.4, 0.5) is 8.78 Å². The molecule has 0 aliphatic carbocycles. The molecular formula is C8H7ClF2. The lowest BCUT2D eigenvalue weighted by molar-refractivity contribution is 0.507. The van der Waals surface area contributed by atoms with Gasteiger partial charge in [0.2, 0.25) is 0 Å². The molecule has 0 bridgehead atoms. The second kappa shape index (κ2) is 3.18. The number of hydrogen-bond acceptors (Lipinski definition) is 0. The van der Waals surface area contributed by atoms with Crippen LogP contribution in [0.25, 0.3) is 0 Å². The molecule has 0 spiro atoms. The minimum atomic E-state index is -0.852.